The summed E-state index contributed by atoms with van der Waals surface area (Å²) in [4.78, 5) is 5.41. The van der Waals surface area contributed by atoms with Crippen molar-refractivity contribution in [2.45, 2.75) is 6.54 Å². The van der Waals surface area contributed by atoms with Gasteiger partial charge in [0.15, 0.2) is 21.3 Å². The van der Waals surface area contributed by atoms with Gasteiger partial charge in [0.2, 0.25) is 0 Å². The van der Waals surface area contributed by atoms with Crippen LogP contribution in [0.25, 0.3) is 5.65 Å². The lowest BCUT2D eigenvalue weighted by Crippen LogP contribution is -2.27. The zero-order valence-electron chi connectivity index (χ0n) is 10.1. The Morgan fingerprint density at radius 2 is 2.21 bits per heavy atom. The molecule has 3 rings (SSSR count). The van der Waals surface area contributed by atoms with Gasteiger partial charge < -0.3 is 0 Å². The molecule has 9 heteroatoms. The van der Waals surface area contributed by atoms with E-state index in [0.29, 0.717) is 24.6 Å². The second-order valence-corrected chi connectivity index (χ2v) is 6.56. The molecule has 0 saturated carbocycles. The zero-order valence-corrected chi connectivity index (χ0v) is 11.0. The maximum Gasteiger partial charge on any atom is 0.177 e. The van der Waals surface area contributed by atoms with Crippen LogP contribution in [0.15, 0.2) is 18.3 Å². The molecule has 1 aliphatic heterocycles. The first-order valence-corrected chi connectivity index (χ1v) is 7.70. The second kappa shape index (κ2) is 4.83. The summed E-state index contributed by atoms with van der Waals surface area (Å²) < 4.78 is 24.6. The summed E-state index contributed by atoms with van der Waals surface area (Å²) in [5.74, 6) is 0.773. The van der Waals surface area contributed by atoms with Crippen molar-refractivity contribution >= 4 is 15.5 Å². The fourth-order valence-corrected chi connectivity index (χ4v) is 2.89. The highest BCUT2D eigenvalue weighted by atomic mass is 32.2. The number of fused-ring (bicyclic) bond motifs is 1. The summed E-state index contributed by atoms with van der Waals surface area (Å²) in [5, 5.41) is 13.8. The molecule has 1 aliphatic rings. The van der Waals surface area contributed by atoms with E-state index in [1.807, 2.05) is 0 Å². The first-order valence-electron chi connectivity index (χ1n) is 5.88. The van der Waals surface area contributed by atoms with Crippen LogP contribution in [0.2, 0.25) is 0 Å². The second-order valence-electron chi connectivity index (χ2n) is 4.26. The van der Waals surface area contributed by atoms with Crippen LogP contribution in [0.5, 0.6) is 0 Å². The fraction of sp³-hybridized carbons (Fsp3) is 0.500. The molecule has 1 fully saturated rings. The van der Waals surface area contributed by atoms with E-state index in [1.165, 1.54) is 0 Å². The van der Waals surface area contributed by atoms with E-state index in [2.05, 4.69) is 15.3 Å². The maximum absolute atomic E-state index is 11.5. The van der Waals surface area contributed by atoms with E-state index in [1.54, 1.807) is 27.9 Å². The molecule has 0 aromatic carbocycles. The highest BCUT2D eigenvalue weighted by Crippen LogP contribution is 2.08. The van der Waals surface area contributed by atoms with E-state index in [0.717, 1.165) is 0 Å². The molecule has 0 aliphatic carbocycles. The van der Waals surface area contributed by atoms with E-state index in [9.17, 15) is 8.42 Å². The molecule has 0 unspecified atom stereocenters. The minimum absolute atomic E-state index is 0.0579. The maximum atomic E-state index is 11.5. The Balaban J connectivity index is 1.78. The van der Waals surface area contributed by atoms with E-state index < -0.39 is 9.84 Å². The van der Waals surface area contributed by atoms with Gasteiger partial charge in [-0.2, -0.15) is 14.7 Å². The van der Waals surface area contributed by atoms with Gasteiger partial charge in [-0.25, -0.2) is 8.42 Å². The van der Waals surface area contributed by atoms with Gasteiger partial charge in [0, 0.05) is 12.7 Å². The Morgan fingerprint density at radius 3 is 3.11 bits per heavy atom. The summed E-state index contributed by atoms with van der Waals surface area (Å²) >= 11 is 0. The average molecular weight is 283 g/mol. The molecule has 19 heavy (non-hydrogen) atoms. The molecule has 1 saturated heterocycles. The van der Waals surface area contributed by atoms with Gasteiger partial charge in [0.1, 0.15) is 0 Å². The number of hydrogen-bond acceptors (Lipinski definition) is 7. The van der Waals surface area contributed by atoms with Crippen molar-refractivity contribution in [3.63, 3.8) is 0 Å². The van der Waals surface area contributed by atoms with Crippen molar-refractivity contribution in [2.24, 2.45) is 0 Å². The molecule has 102 valence electrons. The van der Waals surface area contributed by atoms with Crippen molar-refractivity contribution in [2.75, 3.05) is 24.7 Å². The number of rotatable bonds is 2. The van der Waals surface area contributed by atoms with Gasteiger partial charge in [-0.15, -0.1) is 10.2 Å². The number of nitrogens with zero attached hydrogens (tertiary/aromatic N) is 5. The lowest BCUT2D eigenvalue weighted by Gasteiger charge is -2.16. The third kappa shape index (κ3) is 2.72. The third-order valence-electron chi connectivity index (χ3n) is 2.88. The molecule has 0 atom stereocenters. The molecule has 0 N–H and O–H groups in total. The van der Waals surface area contributed by atoms with Gasteiger partial charge >= 0.3 is 0 Å². The molecular formula is C10H13N5O3S. The Morgan fingerprint density at radius 1 is 1.32 bits per heavy atom. The van der Waals surface area contributed by atoms with Crippen molar-refractivity contribution in [1.29, 1.82) is 0 Å². The van der Waals surface area contributed by atoms with Crippen molar-refractivity contribution in [3.8, 4) is 0 Å². The highest BCUT2D eigenvalue weighted by molar-refractivity contribution is 7.91. The van der Waals surface area contributed by atoms with Crippen LogP contribution in [0.3, 0.4) is 0 Å². The van der Waals surface area contributed by atoms with Crippen LogP contribution in [-0.4, -0.2) is 57.9 Å². The Bertz CT molecular complexity index is 683. The van der Waals surface area contributed by atoms with Crippen molar-refractivity contribution in [3.05, 3.63) is 24.2 Å². The van der Waals surface area contributed by atoms with Gasteiger partial charge in [0.05, 0.1) is 24.7 Å². The standard InChI is InChI=1S/C10H13N5O3S/c16-19(17)6-4-14(18-5-7-19)8-10-13-12-9-2-1-3-11-15(9)10/h1-3H,4-8H2. The van der Waals surface area contributed by atoms with Crippen LogP contribution in [-0.2, 0) is 21.2 Å². The third-order valence-corrected chi connectivity index (χ3v) is 4.47. The van der Waals surface area contributed by atoms with Crippen molar-refractivity contribution < 1.29 is 13.3 Å². The van der Waals surface area contributed by atoms with Gasteiger partial charge in [-0.3, -0.25) is 4.84 Å². The van der Waals surface area contributed by atoms with Gasteiger partial charge in [-0.1, -0.05) is 0 Å². The monoisotopic (exact) mass is 283 g/mol. The molecule has 2 aromatic heterocycles. The SMILES string of the molecule is O=S1(=O)CCON(Cc2nnc3cccnn23)CC1. The quantitative estimate of drug-likeness (QED) is 0.719. The predicted octanol–water partition coefficient (Wildman–Crippen LogP) is -0.714. The minimum Gasteiger partial charge on any atom is -0.297 e. The van der Waals surface area contributed by atoms with Gasteiger partial charge in [-0.05, 0) is 12.1 Å². The summed E-state index contributed by atoms with van der Waals surface area (Å²) in [6.07, 6.45) is 1.65. The first kappa shape index (κ1) is 12.5. The Hall–Kier alpha value is -1.58. The molecule has 8 nitrogen and oxygen atoms in total. The first-order chi connectivity index (χ1) is 9.14. The number of aromatic nitrogens is 4. The lowest BCUT2D eigenvalue weighted by atomic mass is 10.5. The number of hydrogen-bond donors (Lipinski definition) is 0. The normalized spacial score (nSPS) is 20.4. The Labute approximate surface area is 109 Å². The lowest BCUT2D eigenvalue weighted by molar-refractivity contribution is -0.156. The predicted molar refractivity (Wildman–Crippen MR) is 65.8 cm³/mol. The summed E-state index contributed by atoms with van der Waals surface area (Å²) in [7, 11) is -3.00. The minimum atomic E-state index is -3.00. The summed E-state index contributed by atoms with van der Waals surface area (Å²) in [6.45, 7) is 0.851. The average Bonchev–Trinajstić information content (AvgIpc) is 2.70. The van der Waals surface area contributed by atoms with E-state index >= 15 is 0 Å². The summed E-state index contributed by atoms with van der Waals surface area (Å²) in [6, 6.07) is 3.58. The van der Waals surface area contributed by atoms with Crippen LogP contribution >= 0.6 is 0 Å². The molecule has 0 amide bonds. The van der Waals surface area contributed by atoms with E-state index in [-0.39, 0.29) is 18.1 Å². The molecule has 0 bridgehead atoms. The molecule has 0 spiro atoms. The van der Waals surface area contributed by atoms with Crippen LogP contribution < -0.4 is 0 Å². The molecule has 2 aromatic rings. The van der Waals surface area contributed by atoms with E-state index in [4.69, 9.17) is 4.84 Å². The molecular weight excluding hydrogens is 270 g/mol. The number of sulfone groups is 1. The van der Waals surface area contributed by atoms with Crippen LogP contribution in [0, 0.1) is 0 Å². The highest BCUT2D eigenvalue weighted by Gasteiger charge is 2.21. The zero-order chi connectivity index (χ0) is 13.3. The van der Waals surface area contributed by atoms with Crippen LogP contribution in [0.1, 0.15) is 5.82 Å². The van der Waals surface area contributed by atoms with Gasteiger partial charge in [0.25, 0.3) is 0 Å². The molecule has 3 heterocycles. The largest absolute Gasteiger partial charge is 0.297 e. The fourth-order valence-electron chi connectivity index (χ4n) is 1.87. The topological polar surface area (TPSA) is 89.7 Å². The molecule has 0 radical (unpaired) electrons. The van der Waals surface area contributed by atoms with Crippen molar-refractivity contribution in [1.82, 2.24) is 24.9 Å². The summed E-state index contributed by atoms with van der Waals surface area (Å²) in [5.41, 5.74) is 0.653. The van der Waals surface area contributed by atoms with Crippen LogP contribution in [0.4, 0.5) is 0 Å². The Kier molecular flexibility index (Phi) is 3.17. The number of hydroxylamine groups is 2. The smallest absolute Gasteiger partial charge is 0.177 e.